The van der Waals surface area contributed by atoms with Crippen molar-refractivity contribution in [3.05, 3.63) is 22.8 Å². The summed E-state index contributed by atoms with van der Waals surface area (Å²) in [4.78, 5) is 10.0. The van der Waals surface area contributed by atoms with Crippen LogP contribution in [0.1, 0.15) is 26.7 Å². The van der Waals surface area contributed by atoms with Gasteiger partial charge in [-0.25, -0.2) is 0 Å². The monoisotopic (exact) mass is 143 g/mol. The quantitative estimate of drug-likeness (QED) is 0.343. The van der Waals surface area contributed by atoms with E-state index in [4.69, 9.17) is 0 Å². The Morgan fingerprint density at radius 1 is 1.70 bits per heavy atom. The molecule has 0 unspecified atom stereocenters. The van der Waals surface area contributed by atoms with Gasteiger partial charge in [0.2, 0.25) is 5.54 Å². The van der Waals surface area contributed by atoms with Crippen LogP contribution in [0.15, 0.2) is 12.7 Å². The molecule has 0 spiro atoms. The zero-order chi connectivity index (χ0) is 8.20. The van der Waals surface area contributed by atoms with Gasteiger partial charge < -0.3 is 0 Å². The molecular formula is C7H13NO2. The van der Waals surface area contributed by atoms with Crippen LogP contribution >= 0.6 is 0 Å². The van der Waals surface area contributed by atoms with Crippen LogP contribution in [0.5, 0.6) is 0 Å². The van der Waals surface area contributed by atoms with Crippen LogP contribution in [0.4, 0.5) is 0 Å². The zero-order valence-electron chi connectivity index (χ0n) is 6.46. The number of hydrogen-bond donors (Lipinski definition) is 0. The molecule has 0 N–H and O–H groups in total. The van der Waals surface area contributed by atoms with Crippen molar-refractivity contribution >= 4 is 0 Å². The van der Waals surface area contributed by atoms with Gasteiger partial charge in [0.1, 0.15) is 0 Å². The number of allylic oxidation sites excluding steroid dienone is 1. The molecule has 0 amide bonds. The van der Waals surface area contributed by atoms with E-state index in [2.05, 4.69) is 6.58 Å². The lowest BCUT2D eigenvalue weighted by Gasteiger charge is -2.13. The average Bonchev–Trinajstić information content (AvgIpc) is 1.84. The minimum Gasteiger partial charge on any atom is -0.264 e. The molecule has 0 aromatic carbocycles. The molecule has 0 rings (SSSR count). The van der Waals surface area contributed by atoms with Crippen LogP contribution < -0.4 is 0 Å². The topological polar surface area (TPSA) is 43.1 Å². The van der Waals surface area contributed by atoms with Gasteiger partial charge in [0, 0.05) is 25.2 Å². The first-order valence-corrected chi connectivity index (χ1v) is 3.26. The maximum Gasteiger partial charge on any atom is 0.217 e. The summed E-state index contributed by atoms with van der Waals surface area (Å²) in [6, 6.07) is 0. The minimum absolute atomic E-state index is 0.253. The Balaban J connectivity index is 3.86. The Morgan fingerprint density at radius 3 is 2.50 bits per heavy atom. The van der Waals surface area contributed by atoms with Crippen LogP contribution in [-0.2, 0) is 0 Å². The summed E-state index contributed by atoms with van der Waals surface area (Å²) in [5.74, 6) is 0. The largest absolute Gasteiger partial charge is 0.264 e. The van der Waals surface area contributed by atoms with Crippen LogP contribution in [0.25, 0.3) is 0 Å². The lowest BCUT2D eigenvalue weighted by molar-refractivity contribution is -0.561. The van der Waals surface area contributed by atoms with Gasteiger partial charge in [0.15, 0.2) is 0 Å². The molecule has 0 saturated heterocycles. The molecule has 0 radical (unpaired) electrons. The molecule has 0 aliphatic carbocycles. The average molecular weight is 143 g/mol. The summed E-state index contributed by atoms with van der Waals surface area (Å²) in [5.41, 5.74) is -0.797. The van der Waals surface area contributed by atoms with Crippen molar-refractivity contribution in [2.75, 3.05) is 0 Å². The second-order valence-electron chi connectivity index (χ2n) is 2.90. The van der Waals surface area contributed by atoms with Gasteiger partial charge >= 0.3 is 0 Å². The van der Waals surface area contributed by atoms with Gasteiger partial charge in [0.05, 0.1) is 0 Å². The molecule has 0 bridgehead atoms. The third kappa shape index (κ3) is 2.62. The van der Waals surface area contributed by atoms with E-state index in [1.807, 2.05) is 0 Å². The van der Waals surface area contributed by atoms with Crippen molar-refractivity contribution in [2.45, 2.75) is 32.2 Å². The van der Waals surface area contributed by atoms with Crippen molar-refractivity contribution in [1.29, 1.82) is 0 Å². The van der Waals surface area contributed by atoms with E-state index in [9.17, 15) is 10.1 Å². The van der Waals surface area contributed by atoms with E-state index in [1.165, 1.54) is 0 Å². The normalized spacial score (nSPS) is 11.0. The second kappa shape index (κ2) is 3.34. The predicted octanol–water partition coefficient (Wildman–Crippen LogP) is 2.01. The summed E-state index contributed by atoms with van der Waals surface area (Å²) >= 11 is 0. The Kier molecular flexibility index (Phi) is 3.06. The van der Waals surface area contributed by atoms with Crippen LogP contribution in [0.3, 0.4) is 0 Å². The number of nitro groups is 1. The number of nitrogens with zero attached hydrogens (tertiary/aromatic N) is 1. The highest BCUT2D eigenvalue weighted by Gasteiger charge is 2.28. The van der Waals surface area contributed by atoms with E-state index in [0.29, 0.717) is 12.8 Å². The van der Waals surface area contributed by atoms with Crippen molar-refractivity contribution in [3.8, 4) is 0 Å². The van der Waals surface area contributed by atoms with E-state index >= 15 is 0 Å². The molecule has 0 atom stereocenters. The van der Waals surface area contributed by atoms with E-state index in [1.54, 1.807) is 19.9 Å². The lowest BCUT2D eigenvalue weighted by atomic mass is 10.00. The highest BCUT2D eigenvalue weighted by Crippen LogP contribution is 2.14. The van der Waals surface area contributed by atoms with Crippen LogP contribution in [0.2, 0.25) is 0 Å². The summed E-state index contributed by atoms with van der Waals surface area (Å²) in [6.07, 6.45) is 2.96. The van der Waals surface area contributed by atoms with Crippen LogP contribution in [-0.4, -0.2) is 10.5 Å². The zero-order valence-corrected chi connectivity index (χ0v) is 6.46. The number of hydrogen-bond acceptors (Lipinski definition) is 2. The second-order valence-corrected chi connectivity index (χ2v) is 2.90. The predicted molar refractivity (Wildman–Crippen MR) is 40.5 cm³/mol. The van der Waals surface area contributed by atoms with Crippen molar-refractivity contribution in [2.24, 2.45) is 0 Å². The first-order valence-electron chi connectivity index (χ1n) is 3.26. The summed E-state index contributed by atoms with van der Waals surface area (Å²) in [5, 5.41) is 10.3. The molecule has 0 heterocycles. The highest BCUT2D eigenvalue weighted by atomic mass is 16.6. The first kappa shape index (κ1) is 9.14. The van der Waals surface area contributed by atoms with Crippen molar-refractivity contribution in [3.63, 3.8) is 0 Å². The molecule has 0 aliphatic rings. The smallest absolute Gasteiger partial charge is 0.217 e. The third-order valence-electron chi connectivity index (χ3n) is 1.45. The fourth-order valence-corrected chi connectivity index (χ4v) is 0.547. The standard InChI is InChI=1S/C7H13NO2/c1-4-5-6-7(2,3)8(9)10/h4H,1,5-6H2,2-3H3. The maximum atomic E-state index is 10.3. The first-order chi connectivity index (χ1) is 4.50. The molecule has 58 valence electrons. The number of rotatable bonds is 4. The van der Waals surface area contributed by atoms with Crippen molar-refractivity contribution < 1.29 is 4.92 Å². The molecule has 0 aliphatic heterocycles. The van der Waals surface area contributed by atoms with Gasteiger partial charge in [0.25, 0.3) is 0 Å². The lowest BCUT2D eigenvalue weighted by Crippen LogP contribution is -2.30. The fraction of sp³-hybridized carbons (Fsp3) is 0.714. The van der Waals surface area contributed by atoms with E-state index < -0.39 is 5.54 Å². The molecule has 3 nitrogen and oxygen atoms in total. The Hall–Kier alpha value is -0.860. The molecule has 0 saturated carbocycles. The van der Waals surface area contributed by atoms with Gasteiger partial charge in [-0.05, 0) is 6.42 Å². The van der Waals surface area contributed by atoms with Gasteiger partial charge in [-0.2, -0.15) is 0 Å². The van der Waals surface area contributed by atoms with Gasteiger partial charge in [-0.1, -0.05) is 6.08 Å². The molecule has 0 aromatic heterocycles. The summed E-state index contributed by atoms with van der Waals surface area (Å²) < 4.78 is 0. The van der Waals surface area contributed by atoms with Gasteiger partial charge in [-0.3, -0.25) is 10.1 Å². The summed E-state index contributed by atoms with van der Waals surface area (Å²) in [7, 11) is 0. The molecule has 3 heteroatoms. The Bertz CT molecular complexity index is 141. The fourth-order valence-electron chi connectivity index (χ4n) is 0.547. The molecule has 0 fully saturated rings. The SMILES string of the molecule is C=CCCC(C)(C)[N+](=O)[O-]. The Labute approximate surface area is 60.9 Å². The Morgan fingerprint density at radius 2 is 2.20 bits per heavy atom. The summed E-state index contributed by atoms with van der Waals surface area (Å²) in [6.45, 7) is 6.74. The van der Waals surface area contributed by atoms with Gasteiger partial charge in [-0.15, -0.1) is 6.58 Å². The van der Waals surface area contributed by atoms with Crippen molar-refractivity contribution in [1.82, 2.24) is 0 Å². The van der Waals surface area contributed by atoms with E-state index in [-0.39, 0.29) is 4.92 Å². The van der Waals surface area contributed by atoms with Crippen LogP contribution in [0, 0.1) is 10.1 Å². The molecule has 0 aromatic rings. The van der Waals surface area contributed by atoms with E-state index in [0.717, 1.165) is 0 Å². The minimum atomic E-state index is -0.797. The molecule has 10 heavy (non-hydrogen) atoms. The highest BCUT2D eigenvalue weighted by molar-refractivity contribution is 4.74. The molecular weight excluding hydrogens is 130 g/mol. The maximum absolute atomic E-state index is 10.3. The third-order valence-corrected chi connectivity index (χ3v) is 1.45.